The second-order valence-electron chi connectivity index (χ2n) is 5.01. The molecule has 0 saturated carbocycles. The third-order valence-electron chi connectivity index (χ3n) is 3.60. The molecule has 2 heterocycles. The van der Waals surface area contributed by atoms with Crippen LogP contribution in [0.4, 0.5) is 0 Å². The Bertz CT molecular complexity index is 454. The van der Waals surface area contributed by atoms with Crippen molar-refractivity contribution in [3.05, 3.63) is 23.4 Å². The first kappa shape index (κ1) is 13.8. The number of likely N-dealkylation sites (tertiary alicyclic amines) is 1. The van der Waals surface area contributed by atoms with Gasteiger partial charge in [-0.25, -0.2) is 4.98 Å². The summed E-state index contributed by atoms with van der Waals surface area (Å²) in [4.78, 5) is 17.5. The van der Waals surface area contributed by atoms with E-state index in [1.807, 2.05) is 19.1 Å². The normalized spacial score (nSPS) is 17.4. The number of piperidine rings is 1. The number of rotatable bonds is 4. The van der Waals surface area contributed by atoms with Crippen LogP contribution in [-0.2, 0) is 11.3 Å². The number of ether oxygens (including phenoxy) is 1. The number of aromatic nitrogens is 1. The highest BCUT2D eigenvalue weighted by atomic mass is 16.5. The van der Waals surface area contributed by atoms with Gasteiger partial charge in [0.2, 0.25) is 5.88 Å². The molecule has 0 bridgehead atoms. The van der Waals surface area contributed by atoms with Gasteiger partial charge in [0.1, 0.15) is 0 Å². The Kier molecular flexibility index (Phi) is 4.37. The molecule has 0 aromatic carbocycles. The van der Waals surface area contributed by atoms with Crippen LogP contribution in [0.25, 0.3) is 0 Å². The van der Waals surface area contributed by atoms with Crippen molar-refractivity contribution in [2.45, 2.75) is 26.3 Å². The zero-order chi connectivity index (χ0) is 13.8. The molecule has 1 saturated heterocycles. The maximum atomic E-state index is 10.9. The van der Waals surface area contributed by atoms with E-state index in [-0.39, 0.29) is 5.92 Å². The number of carboxylic acids is 1. The Morgan fingerprint density at radius 3 is 2.74 bits per heavy atom. The van der Waals surface area contributed by atoms with Gasteiger partial charge in [0.25, 0.3) is 0 Å². The fourth-order valence-electron chi connectivity index (χ4n) is 2.44. The molecule has 1 fully saturated rings. The predicted octanol–water partition coefficient (Wildman–Crippen LogP) is 1.70. The third-order valence-corrected chi connectivity index (χ3v) is 3.60. The highest BCUT2D eigenvalue weighted by Crippen LogP contribution is 2.22. The molecule has 1 aliphatic rings. The maximum absolute atomic E-state index is 10.9. The Labute approximate surface area is 113 Å². The smallest absolute Gasteiger partial charge is 0.306 e. The molecule has 1 N–H and O–H groups in total. The minimum absolute atomic E-state index is 0.186. The lowest BCUT2D eigenvalue weighted by molar-refractivity contribution is -0.143. The number of hydrogen-bond donors (Lipinski definition) is 1. The number of nitrogens with zero attached hydrogens (tertiary/aromatic N) is 2. The van der Waals surface area contributed by atoms with Crippen LogP contribution in [0, 0.1) is 12.8 Å². The van der Waals surface area contributed by atoms with Crippen LogP contribution < -0.4 is 4.74 Å². The summed E-state index contributed by atoms with van der Waals surface area (Å²) >= 11 is 0. The van der Waals surface area contributed by atoms with Gasteiger partial charge in [0.05, 0.1) is 13.0 Å². The molecule has 104 valence electrons. The van der Waals surface area contributed by atoms with Gasteiger partial charge in [-0.05, 0) is 38.9 Å². The monoisotopic (exact) mass is 264 g/mol. The lowest BCUT2D eigenvalue weighted by atomic mass is 9.97. The van der Waals surface area contributed by atoms with Gasteiger partial charge in [0, 0.05) is 17.8 Å². The first-order chi connectivity index (χ1) is 9.10. The summed E-state index contributed by atoms with van der Waals surface area (Å²) in [5.41, 5.74) is 1.99. The Hall–Kier alpha value is -1.62. The molecule has 5 nitrogen and oxygen atoms in total. The van der Waals surface area contributed by atoms with Gasteiger partial charge >= 0.3 is 5.97 Å². The fraction of sp³-hybridized carbons (Fsp3) is 0.571. The Balaban J connectivity index is 1.97. The van der Waals surface area contributed by atoms with Crippen molar-refractivity contribution in [3.63, 3.8) is 0 Å². The van der Waals surface area contributed by atoms with Crippen LogP contribution in [0.1, 0.15) is 24.1 Å². The standard InChI is InChI=1S/C14H20N2O3/c1-10-3-4-12(13(15-10)19-2)9-16-7-5-11(6-8-16)14(17)18/h3-4,11H,5-9H2,1-2H3,(H,17,18). The van der Waals surface area contributed by atoms with E-state index in [1.54, 1.807) is 7.11 Å². The SMILES string of the molecule is COc1nc(C)ccc1CN1CCC(C(=O)O)CC1. The maximum Gasteiger partial charge on any atom is 0.306 e. The fourth-order valence-corrected chi connectivity index (χ4v) is 2.44. The van der Waals surface area contributed by atoms with Crippen molar-refractivity contribution in [2.75, 3.05) is 20.2 Å². The molecule has 1 aromatic heterocycles. The van der Waals surface area contributed by atoms with Crippen molar-refractivity contribution < 1.29 is 14.6 Å². The molecule has 0 atom stereocenters. The number of aryl methyl sites for hydroxylation is 1. The molecule has 0 unspecified atom stereocenters. The highest BCUT2D eigenvalue weighted by Gasteiger charge is 2.24. The summed E-state index contributed by atoms with van der Waals surface area (Å²) in [6, 6.07) is 4.01. The first-order valence-corrected chi connectivity index (χ1v) is 6.56. The van der Waals surface area contributed by atoms with Gasteiger partial charge in [-0.15, -0.1) is 0 Å². The number of carbonyl (C=O) groups is 1. The van der Waals surface area contributed by atoms with E-state index in [1.165, 1.54) is 0 Å². The number of hydrogen-bond acceptors (Lipinski definition) is 4. The number of methoxy groups -OCH3 is 1. The van der Waals surface area contributed by atoms with Crippen molar-refractivity contribution in [3.8, 4) is 5.88 Å². The van der Waals surface area contributed by atoms with Crippen molar-refractivity contribution in [1.82, 2.24) is 9.88 Å². The van der Waals surface area contributed by atoms with Gasteiger partial charge in [-0.3, -0.25) is 9.69 Å². The molecule has 5 heteroatoms. The van der Waals surface area contributed by atoms with E-state index in [4.69, 9.17) is 9.84 Å². The molecule has 0 amide bonds. The Morgan fingerprint density at radius 1 is 1.47 bits per heavy atom. The molecule has 0 radical (unpaired) electrons. The number of aliphatic carboxylic acids is 1. The molecular weight excluding hydrogens is 244 g/mol. The van der Waals surface area contributed by atoms with E-state index in [0.717, 1.165) is 43.7 Å². The average Bonchev–Trinajstić information content (AvgIpc) is 2.41. The van der Waals surface area contributed by atoms with Crippen LogP contribution >= 0.6 is 0 Å². The van der Waals surface area contributed by atoms with E-state index in [9.17, 15) is 4.79 Å². The molecular formula is C14H20N2O3. The molecule has 19 heavy (non-hydrogen) atoms. The minimum atomic E-state index is -0.672. The summed E-state index contributed by atoms with van der Waals surface area (Å²) in [6.45, 7) is 4.33. The first-order valence-electron chi connectivity index (χ1n) is 6.56. The van der Waals surface area contributed by atoms with E-state index in [0.29, 0.717) is 5.88 Å². The number of pyridine rings is 1. The van der Waals surface area contributed by atoms with Crippen molar-refractivity contribution in [2.24, 2.45) is 5.92 Å². The zero-order valence-corrected chi connectivity index (χ0v) is 11.4. The summed E-state index contributed by atoms with van der Waals surface area (Å²) in [6.07, 6.45) is 1.44. The van der Waals surface area contributed by atoms with Gasteiger partial charge in [-0.2, -0.15) is 0 Å². The topological polar surface area (TPSA) is 62.7 Å². The van der Waals surface area contributed by atoms with Crippen molar-refractivity contribution in [1.29, 1.82) is 0 Å². The van der Waals surface area contributed by atoms with Crippen molar-refractivity contribution >= 4 is 5.97 Å². The quantitative estimate of drug-likeness (QED) is 0.896. The van der Waals surface area contributed by atoms with E-state index < -0.39 is 5.97 Å². The van der Waals surface area contributed by atoms with Crippen LogP contribution in [-0.4, -0.2) is 41.2 Å². The minimum Gasteiger partial charge on any atom is -0.481 e. The van der Waals surface area contributed by atoms with E-state index in [2.05, 4.69) is 9.88 Å². The van der Waals surface area contributed by atoms with Crippen LogP contribution in [0.3, 0.4) is 0 Å². The van der Waals surface area contributed by atoms with Crippen LogP contribution in [0.5, 0.6) is 5.88 Å². The lowest BCUT2D eigenvalue weighted by Gasteiger charge is -2.30. The molecule has 1 aromatic rings. The van der Waals surface area contributed by atoms with Crippen LogP contribution in [0.2, 0.25) is 0 Å². The largest absolute Gasteiger partial charge is 0.481 e. The molecule has 0 aliphatic carbocycles. The molecule has 0 spiro atoms. The molecule has 1 aliphatic heterocycles. The summed E-state index contributed by atoms with van der Waals surface area (Å²) in [5, 5.41) is 8.98. The number of carboxylic acid groups (broad SMARTS) is 1. The van der Waals surface area contributed by atoms with Gasteiger partial charge in [0.15, 0.2) is 0 Å². The summed E-state index contributed by atoms with van der Waals surface area (Å²) < 4.78 is 5.30. The lowest BCUT2D eigenvalue weighted by Crippen LogP contribution is -2.35. The summed E-state index contributed by atoms with van der Waals surface area (Å²) in [5.74, 6) is -0.191. The van der Waals surface area contributed by atoms with Gasteiger partial charge in [-0.1, -0.05) is 6.07 Å². The van der Waals surface area contributed by atoms with Gasteiger partial charge < -0.3 is 9.84 Å². The third kappa shape index (κ3) is 3.44. The second-order valence-corrected chi connectivity index (χ2v) is 5.01. The zero-order valence-electron chi connectivity index (χ0n) is 11.4. The second kappa shape index (κ2) is 6.02. The molecule has 2 rings (SSSR count). The Morgan fingerprint density at radius 2 is 2.16 bits per heavy atom. The predicted molar refractivity (Wildman–Crippen MR) is 71.2 cm³/mol. The van der Waals surface area contributed by atoms with Crippen LogP contribution in [0.15, 0.2) is 12.1 Å². The van der Waals surface area contributed by atoms with E-state index >= 15 is 0 Å². The summed E-state index contributed by atoms with van der Waals surface area (Å²) in [7, 11) is 1.63. The highest BCUT2D eigenvalue weighted by molar-refractivity contribution is 5.70. The average molecular weight is 264 g/mol.